The number of hydrogen-bond acceptors (Lipinski definition) is 2. The molecule has 0 unspecified atom stereocenters. The predicted octanol–water partition coefficient (Wildman–Crippen LogP) is 0.528. The van der Waals surface area contributed by atoms with Crippen LogP contribution in [-0.4, -0.2) is 19.0 Å². The van der Waals surface area contributed by atoms with Crippen LogP contribution in [0, 0.1) is 5.92 Å². The lowest BCUT2D eigenvalue weighted by molar-refractivity contribution is -0.122. The number of carbonyl (C=O) groups is 1. The van der Waals surface area contributed by atoms with E-state index >= 15 is 0 Å². The summed E-state index contributed by atoms with van der Waals surface area (Å²) < 4.78 is 0. The molecule has 3 nitrogen and oxygen atoms in total. The van der Waals surface area contributed by atoms with Gasteiger partial charge in [-0.15, -0.1) is 12.4 Å². The van der Waals surface area contributed by atoms with Crippen LogP contribution in [0.1, 0.15) is 20.3 Å². The van der Waals surface area contributed by atoms with Crippen LogP contribution >= 0.6 is 12.4 Å². The van der Waals surface area contributed by atoms with Crippen LogP contribution in [0.2, 0.25) is 0 Å². The third kappa shape index (κ3) is 6.13. The number of nitrogens with two attached hydrogens (primary N) is 1. The highest BCUT2D eigenvalue weighted by molar-refractivity contribution is 5.85. The molecular formula is C7H17ClN2O. The third-order valence-corrected chi connectivity index (χ3v) is 1.31. The SMILES string of the molecule is CNC(=O)[C@@H](N)CC(C)C.Cl. The van der Waals surface area contributed by atoms with Crippen LogP contribution in [0.15, 0.2) is 0 Å². The molecule has 0 saturated heterocycles. The van der Waals surface area contributed by atoms with Crippen LogP contribution < -0.4 is 11.1 Å². The minimum absolute atomic E-state index is 0. The van der Waals surface area contributed by atoms with Crippen molar-refractivity contribution in [1.82, 2.24) is 5.32 Å². The summed E-state index contributed by atoms with van der Waals surface area (Å²) in [7, 11) is 1.60. The van der Waals surface area contributed by atoms with Crippen molar-refractivity contribution < 1.29 is 4.79 Å². The number of rotatable bonds is 3. The Morgan fingerprint density at radius 1 is 1.55 bits per heavy atom. The van der Waals surface area contributed by atoms with Crippen LogP contribution in [-0.2, 0) is 4.79 Å². The topological polar surface area (TPSA) is 55.1 Å². The highest BCUT2D eigenvalue weighted by atomic mass is 35.5. The molecule has 4 heteroatoms. The summed E-state index contributed by atoms with van der Waals surface area (Å²) in [6, 6.07) is -0.343. The quantitative estimate of drug-likeness (QED) is 0.666. The molecule has 0 fully saturated rings. The van der Waals surface area contributed by atoms with Crippen molar-refractivity contribution in [3.05, 3.63) is 0 Å². The van der Waals surface area contributed by atoms with Gasteiger partial charge in [0.15, 0.2) is 0 Å². The second-order valence-corrected chi connectivity index (χ2v) is 2.85. The largest absolute Gasteiger partial charge is 0.358 e. The van der Waals surface area contributed by atoms with E-state index < -0.39 is 0 Å². The lowest BCUT2D eigenvalue weighted by Crippen LogP contribution is -2.39. The second kappa shape index (κ2) is 6.43. The van der Waals surface area contributed by atoms with Crippen molar-refractivity contribution in [2.45, 2.75) is 26.3 Å². The summed E-state index contributed by atoms with van der Waals surface area (Å²) in [6.45, 7) is 4.09. The van der Waals surface area contributed by atoms with Crippen molar-refractivity contribution in [2.75, 3.05) is 7.05 Å². The number of likely N-dealkylation sites (N-methyl/N-ethyl adjacent to an activating group) is 1. The van der Waals surface area contributed by atoms with Gasteiger partial charge in [-0.05, 0) is 12.3 Å². The summed E-state index contributed by atoms with van der Waals surface area (Å²) >= 11 is 0. The van der Waals surface area contributed by atoms with E-state index in [1.54, 1.807) is 7.05 Å². The molecule has 0 bridgehead atoms. The van der Waals surface area contributed by atoms with Gasteiger partial charge in [-0.25, -0.2) is 0 Å². The Balaban J connectivity index is 0. The average molecular weight is 181 g/mol. The minimum Gasteiger partial charge on any atom is -0.358 e. The van der Waals surface area contributed by atoms with Gasteiger partial charge in [-0.3, -0.25) is 4.79 Å². The highest BCUT2D eigenvalue weighted by Crippen LogP contribution is 2.01. The molecule has 0 radical (unpaired) electrons. The first-order chi connectivity index (χ1) is 4.57. The van der Waals surface area contributed by atoms with Gasteiger partial charge in [0.05, 0.1) is 6.04 Å². The van der Waals surface area contributed by atoms with Gasteiger partial charge >= 0.3 is 0 Å². The fourth-order valence-corrected chi connectivity index (χ4v) is 0.800. The van der Waals surface area contributed by atoms with Crippen molar-refractivity contribution in [3.63, 3.8) is 0 Å². The highest BCUT2D eigenvalue weighted by Gasteiger charge is 2.11. The summed E-state index contributed by atoms with van der Waals surface area (Å²) in [5.74, 6) is 0.404. The number of nitrogens with one attached hydrogen (secondary N) is 1. The van der Waals surface area contributed by atoms with E-state index in [4.69, 9.17) is 5.73 Å². The maximum absolute atomic E-state index is 10.8. The van der Waals surface area contributed by atoms with E-state index in [1.165, 1.54) is 0 Å². The fourth-order valence-electron chi connectivity index (χ4n) is 0.800. The fraction of sp³-hybridized carbons (Fsp3) is 0.857. The Bertz CT molecular complexity index is 117. The van der Waals surface area contributed by atoms with Crippen molar-refractivity contribution in [1.29, 1.82) is 0 Å². The maximum atomic E-state index is 10.8. The summed E-state index contributed by atoms with van der Waals surface area (Å²) in [5.41, 5.74) is 5.52. The van der Waals surface area contributed by atoms with Crippen LogP contribution in [0.3, 0.4) is 0 Å². The molecular weight excluding hydrogens is 164 g/mol. The average Bonchev–Trinajstić information content (AvgIpc) is 1.85. The lowest BCUT2D eigenvalue weighted by Gasteiger charge is -2.11. The van der Waals surface area contributed by atoms with Gasteiger partial charge in [-0.1, -0.05) is 13.8 Å². The van der Waals surface area contributed by atoms with Crippen molar-refractivity contribution >= 4 is 18.3 Å². The molecule has 0 rings (SSSR count). The van der Waals surface area contributed by atoms with Crippen LogP contribution in [0.25, 0.3) is 0 Å². The molecule has 0 aromatic heterocycles. The van der Waals surface area contributed by atoms with Gasteiger partial charge in [0.25, 0.3) is 0 Å². The van der Waals surface area contributed by atoms with Gasteiger partial charge < -0.3 is 11.1 Å². The van der Waals surface area contributed by atoms with E-state index in [-0.39, 0.29) is 24.4 Å². The monoisotopic (exact) mass is 180 g/mol. The molecule has 11 heavy (non-hydrogen) atoms. The molecule has 68 valence electrons. The molecule has 0 saturated carbocycles. The lowest BCUT2D eigenvalue weighted by atomic mass is 10.0. The normalized spacial score (nSPS) is 12.1. The minimum atomic E-state index is -0.343. The first kappa shape index (κ1) is 13.3. The first-order valence-corrected chi connectivity index (χ1v) is 3.55. The molecule has 0 spiro atoms. The molecule has 1 amide bonds. The van der Waals surface area contributed by atoms with Gasteiger partial charge in [0.2, 0.25) is 5.91 Å². The van der Waals surface area contributed by atoms with E-state index in [0.29, 0.717) is 5.92 Å². The predicted molar refractivity (Wildman–Crippen MR) is 48.7 cm³/mol. The van der Waals surface area contributed by atoms with Gasteiger partial charge in [-0.2, -0.15) is 0 Å². The van der Waals surface area contributed by atoms with Gasteiger partial charge in [0, 0.05) is 7.05 Å². The Kier molecular flexibility index (Phi) is 7.79. The second-order valence-electron chi connectivity index (χ2n) is 2.85. The number of halogens is 1. The Morgan fingerprint density at radius 3 is 2.27 bits per heavy atom. The Hall–Kier alpha value is -0.280. The molecule has 0 aliphatic rings. The Labute approximate surface area is 74.1 Å². The molecule has 1 atom stereocenters. The maximum Gasteiger partial charge on any atom is 0.236 e. The zero-order chi connectivity index (χ0) is 8.15. The number of hydrogen-bond donors (Lipinski definition) is 2. The molecule has 3 N–H and O–H groups in total. The number of carbonyl (C=O) groups excluding carboxylic acids is 1. The van der Waals surface area contributed by atoms with Crippen LogP contribution in [0.4, 0.5) is 0 Å². The van der Waals surface area contributed by atoms with E-state index in [0.717, 1.165) is 6.42 Å². The number of amides is 1. The summed E-state index contributed by atoms with van der Waals surface area (Å²) in [4.78, 5) is 10.8. The molecule has 0 aromatic carbocycles. The van der Waals surface area contributed by atoms with E-state index in [9.17, 15) is 4.79 Å². The van der Waals surface area contributed by atoms with Crippen molar-refractivity contribution in [2.24, 2.45) is 11.7 Å². The van der Waals surface area contributed by atoms with E-state index in [2.05, 4.69) is 5.32 Å². The molecule has 0 aliphatic carbocycles. The summed E-state index contributed by atoms with van der Waals surface area (Å²) in [6.07, 6.45) is 0.750. The summed E-state index contributed by atoms with van der Waals surface area (Å²) in [5, 5.41) is 2.51. The van der Waals surface area contributed by atoms with Crippen LogP contribution in [0.5, 0.6) is 0 Å². The molecule has 0 aliphatic heterocycles. The zero-order valence-corrected chi connectivity index (χ0v) is 8.07. The molecule has 0 heterocycles. The van der Waals surface area contributed by atoms with E-state index in [1.807, 2.05) is 13.8 Å². The van der Waals surface area contributed by atoms with Crippen molar-refractivity contribution in [3.8, 4) is 0 Å². The molecule has 0 aromatic rings. The Morgan fingerprint density at radius 2 is 2.00 bits per heavy atom. The standard InChI is InChI=1S/C7H16N2O.ClH/c1-5(2)4-6(8)7(10)9-3;/h5-6H,4,8H2,1-3H3,(H,9,10);1H/t6-;/m0./s1. The smallest absolute Gasteiger partial charge is 0.236 e. The third-order valence-electron chi connectivity index (χ3n) is 1.31. The first-order valence-electron chi connectivity index (χ1n) is 3.55. The van der Waals surface area contributed by atoms with Gasteiger partial charge in [0.1, 0.15) is 0 Å². The zero-order valence-electron chi connectivity index (χ0n) is 7.26.